The van der Waals surface area contributed by atoms with Crippen LogP contribution in [0.3, 0.4) is 0 Å². The summed E-state index contributed by atoms with van der Waals surface area (Å²) in [5.74, 6) is -0.172. The summed E-state index contributed by atoms with van der Waals surface area (Å²) in [6.07, 6.45) is 0.588. The summed E-state index contributed by atoms with van der Waals surface area (Å²) in [7, 11) is 0. The van der Waals surface area contributed by atoms with Crippen molar-refractivity contribution in [3.05, 3.63) is 70.8 Å². The molecule has 0 aliphatic carbocycles. The van der Waals surface area contributed by atoms with E-state index in [1.165, 1.54) is 0 Å². The highest BCUT2D eigenvalue weighted by molar-refractivity contribution is 5.97. The number of nitrogens with one attached hydrogen (secondary N) is 1. The van der Waals surface area contributed by atoms with Crippen LogP contribution in [0.5, 0.6) is 0 Å². The summed E-state index contributed by atoms with van der Waals surface area (Å²) in [5.41, 5.74) is 2.48. The van der Waals surface area contributed by atoms with Crippen molar-refractivity contribution in [2.24, 2.45) is 0 Å². The van der Waals surface area contributed by atoms with E-state index < -0.39 is 5.72 Å². The standard InChI is InChI=1S/C20H20N2O3/c1-14-6-8-15(9-7-14)19(24)22-11-10-20(13-22)21-18(23)17-5-3-2-4-16(17)12-25-20/h2-9H,10-13H2,1H3,(H,21,23). The van der Waals surface area contributed by atoms with Crippen molar-refractivity contribution >= 4 is 11.8 Å². The van der Waals surface area contributed by atoms with E-state index in [9.17, 15) is 9.59 Å². The number of ether oxygens (including phenoxy) is 1. The molecule has 2 aromatic carbocycles. The van der Waals surface area contributed by atoms with Crippen molar-refractivity contribution in [2.45, 2.75) is 25.7 Å². The fraction of sp³-hybridized carbons (Fsp3) is 0.300. The summed E-state index contributed by atoms with van der Waals surface area (Å²) in [4.78, 5) is 27.0. The number of rotatable bonds is 1. The lowest BCUT2D eigenvalue weighted by Gasteiger charge is -2.28. The lowest BCUT2D eigenvalue weighted by Crippen LogP contribution is -2.51. The quantitative estimate of drug-likeness (QED) is 0.870. The second-order valence-corrected chi connectivity index (χ2v) is 6.74. The minimum atomic E-state index is -0.809. The number of nitrogens with zero attached hydrogens (tertiary/aromatic N) is 1. The highest BCUT2D eigenvalue weighted by Gasteiger charge is 2.44. The van der Waals surface area contributed by atoms with Gasteiger partial charge in [0.25, 0.3) is 11.8 Å². The molecule has 1 unspecified atom stereocenters. The number of hydrogen-bond acceptors (Lipinski definition) is 3. The Morgan fingerprint density at radius 2 is 1.92 bits per heavy atom. The van der Waals surface area contributed by atoms with Crippen LogP contribution in [0.15, 0.2) is 48.5 Å². The molecule has 0 saturated carbocycles. The second-order valence-electron chi connectivity index (χ2n) is 6.74. The molecule has 4 rings (SSSR count). The molecule has 2 aliphatic rings. The summed E-state index contributed by atoms with van der Waals surface area (Å²) >= 11 is 0. The molecule has 0 radical (unpaired) electrons. The van der Waals surface area contributed by atoms with Gasteiger partial charge in [0, 0.05) is 24.1 Å². The molecule has 1 atom stereocenters. The van der Waals surface area contributed by atoms with Crippen LogP contribution in [-0.4, -0.2) is 35.5 Å². The number of aryl methyl sites for hydroxylation is 1. The second kappa shape index (κ2) is 6.01. The van der Waals surface area contributed by atoms with Crippen LogP contribution in [0.25, 0.3) is 0 Å². The van der Waals surface area contributed by atoms with E-state index in [2.05, 4.69) is 5.32 Å². The molecule has 2 amide bonds. The van der Waals surface area contributed by atoms with Gasteiger partial charge in [0.05, 0.1) is 13.2 Å². The largest absolute Gasteiger partial charge is 0.349 e. The maximum atomic E-state index is 12.7. The molecule has 5 nitrogen and oxygen atoms in total. The smallest absolute Gasteiger partial charge is 0.254 e. The highest BCUT2D eigenvalue weighted by Crippen LogP contribution is 2.29. The number of benzene rings is 2. The third kappa shape index (κ3) is 2.91. The topological polar surface area (TPSA) is 58.6 Å². The third-order valence-corrected chi connectivity index (χ3v) is 4.92. The van der Waals surface area contributed by atoms with Gasteiger partial charge in [-0.2, -0.15) is 0 Å². The van der Waals surface area contributed by atoms with Gasteiger partial charge in [-0.1, -0.05) is 35.9 Å². The first kappa shape index (κ1) is 15.8. The molecule has 1 fully saturated rings. The number of hydrogen-bond donors (Lipinski definition) is 1. The van der Waals surface area contributed by atoms with Crippen LogP contribution >= 0.6 is 0 Å². The minimum absolute atomic E-state index is 0.0310. The van der Waals surface area contributed by atoms with Gasteiger partial charge in [0.2, 0.25) is 0 Å². The van der Waals surface area contributed by atoms with Gasteiger partial charge in [-0.15, -0.1) is 0 Å². The molecule has 5 heteroatoms. The van der Waals surface area contributed by atoms with Crippen molar-refractivity contribution in [3.8, 4) is 0 Å². The predicted molar refractivity (Wildman–Crippen MR) is 93.1 cm³/mol. The zero-order valence-corrected chi connectivity index (χ0v) is 14.1. The Labute approximate surface area is 146 Å². The number of amides is 2. The summed E-state index contributed by atoms with van der Waals surface area (Å²) in [5, 5.41) is 3.00. The predicted octanol–water partition coefficient (Wildman–Crippen LogP) is 2.50. The van der Waals surface area contributed by atoms with Gasteiger partial charge in [0.15, 0.2) is 5.72 Å². The van der Waals surface area contributed by atoms with Crippen molar-refractivity contribution in [3.63, 3.8) is 0 Å². The Hall–Kier alpha value is -2.66. The van der Waals surface area contributed by atoms with E-state index in [4.69, 9.17) is 4.74 Å². The lowest BCUT2D eigenvalue weighted by atomic mass is 10.1. The fourth-order valence-corrected chi connectivity index (χ4v) is 3.45. The average Bonchev–Trinajstić information content (AvgIpc) is 2.98. The number of likely N-dealkylation sites (tertiary alicyclic amines) is 1. The molecule has 2 aromatic rings. The zero-order chi connectivity index (χ0) is 17.4. The molecule has 0 bridgehead atoms. The molecule has 0 aromatic heterocycles. The molecular weight excluding hydrogens is 316 g/mol. The van der Waals surface area contributed by atoms with Crippen LogP contribution in [-0.2, 0) is 11.3 Å². The Morgan fingerprint density at radius 1 is 1.16 bits per heavy atom. The van der Waals surface area contributed by atoms with E-state index in [1.54, 1.807) is 11.0 Å². The van der Waals surface area contributed by atoms with Crippen molar-refractivity contribution < 1.29 is 14.3 Å². The summed E-state index contributed by atoms with van der Waals surface area (Å²) in [6, 6.07) is 15.0. The maximum absolute atomic E-state index is 12.7. The van der Waals surface area contributed by atoms with Gasteiger partial charge in [-0.05, 0) is 30.7 Å². The highest BCUT2D eigenvalue weighted by atomic mass is 16.5. The molecule has 2 aliphatic heterocycles. The zero-order valence-electron chi connectivity index (χ0n) is 14.1. The Bertz CT molecular complexity index is 831. The molecule has 1 N–H and O–H groups in total. The van der Waals surface area contributed by atoms with Crippen LogP contribution in [0.2, 0.25) is 0 Å². The monoisotopic (exact) mass is 336 g/mol. The van der Waals surface area contributed by atoms with E-state index in [0.29, 0.717) is 37.2 Å². The molecule has 2 heterocycles. The summed E-state index contributed by atoms with van der Waals surface area (Å²) < 4.78 is 6.06. The Morgan fingerprint density at radius 3 is 2.72 bits per heavy atom. The Balaban J connectivity index is 1.53. The van der Waals surface area contributed by atoms with Gasteiger partial charge in [-0.25, -0.2) is 0 Å². The molecular formula is C20H20N2O3. The van der Waals surface area contributed by atoms with E-state index in [-0.39, 0.29) is 11.8 Å². The van der Waals surface area contributed by atoms with Crippen molar-refractivity contribution in [1.82, 2.24) is 10.2 Å². The van der Waals surface area contributed by atoms with E-state index >= 15 is 0 Å². The number of carbonyl (C=O) groups is 2. The van der Waals surface area contributed by atoms with Gasteiger partial charge < -0.3 is 15.0 Å². The van der Waals surface area contributed by atoms with Crippen LogP contribution in [0, 0.1) is 6.92 Å². The van der Waals surface area contributed by atoms with Crippen molar-refractivity contribution in [1.29, 1.82) is 0 Å². The van der Waals surface area contributed by atoms with Gasteiger partial charge >= 0.3 is 0 Å². The number of fused-ring (bicyclic) bond motifs is 1. The maximum Gasteiger partial charge on any atom is 0.254 e. The van der Waals surface area contributed by atoms with E-state index in [0.717, 1.165) is 11.1 Å². The fourth-order valence-electron chi connectivity index (χ4n) is 3.45. The van der Waals surface area contributed by atoms with Crippen LogP contribution in [0.1, 0.15) is 38.3 Å². The molecule has 128 valence electrons. The third-order valence-electron chi connectivity index (χ3n) is 4.92. The Kier molecular flexibility index (Phi) is 3.81. The van der Waals surface area contributed by atoms with E-state index in [1.807, 2.05) is 49.4 Å². The number of carbonyl (C=O) groups excluding carboxylic acids is 2. The van der Waals surface area contributed by atoms with Crippen molar-refractivity contribution in [2.75, 3.05) is 13.1 Å². The van der Waals surface area contributed by atoms with Crippen LogP contribution in [0.4, 0.5) is 0 Å². The SMILES string of the molecule is Cc1ccc(C(=O)N2CCC3(C2)NC(=O)c2ccccc2CO3)cc1. The first-order valence-electron chi connectivity index (χ1n) is 8.47. The van der Waals surface area contributed by atoms with Gasteiger partial charge in [0.1, 0.15) is 0 Å². The average molecular weight is 336 g/mol. The van der Waals surface area contributed by atoms with Crippen LogP contribution < -0.4 is 5.32 Å². The molecule has 1 spiro atoms. The lowest BCUT2D eigenvalue weighted by molar-refractivity contribution is -0.0613. The summed E-state index contributed by atoms with van der Waals surface area (Å²) in [6.45, 7) is 3.27. The molecule has 25 heavy (non-hydrogen) atoms. The van der Waals surface area contributed by atoms with Gasteiger partial charge in [-0.3, -0.25) is 9.59 Å². The first-order valence-corrected chi connectivity index (χ1v) is 8.47. The minimum Gasteiger partial charge on any atom is -0.349 e. The normalized spacial score (nSPS) is 22.4. The first-order chi connectivity index (χ1) is 12.1. The molecule has 1 saturated heterocycles.